The molecular formula is C18H30ClN3O2. The monoisotopic (exact) mass is 355 g/mol. The van der Waals surface area contributed by atoms with Crippen molar-refractivity contribution >= 4 is 24.2 Å². The molecule has 4 N–H and O–H groups in total. The average molecular weight is 356 g/mol. The van der Waals surface area contributed by atoms with E-state index in [0.717, 1.165) is 24.8 Å². The van der Waals surface area contributed by atoms with Crippen molar-refractivity contribution in [2.45, 2.75) is 58.5 Å². The third kappa shape index (κ3) is 7.32. The molecule has 0 bridgehead atoms. The van der Waals surface area contributed by atoms with Crippen LogP contribution in [-0.4, -0.2) is 23.9 Å². The standard InChI is InChI=1S/C18H29N3O2.ClH/c1-4-6-12-20-16(22)15-9-7-14(8-10-15)13-21-17(23)18(3,19)11-5-2;/h7-10H,4-6,11-13,19H2,1-3H3,(H,20,22)(H,21,23);1H. The van der Waals surface area contributed by atoms with E-state index in [0.29, 0.717) is 25.1 Å². The second-order valence-corrected chi connectivity index (χ2v) is 6.16. The molecule has 0 radical (unpaired) electrons. The van der Waals surface area contributed by atoms with Gasteiger partial charge >= 0.3 is 0 Å². The molecular weight excluding hydrogens is 326 g/mol. The van der Waals surface area contributed by atoms with Crippen LogP contribution in [0.4, 0.5) is 0 Å². The molecule has 0 aliphatic heterocycles. The van der Waals surface area contributed by atoms with E-state index in [4.69, 9.17) is 5.73 Å². The van der Waals surface area contributed by atoms with Crippen LogP contribution in [0.5, 0.6) is 0 Å². The van der Waals surface area contributed by atoms with E-state index in [-0.39, 0.29) is 24.2 Å². The Morgan fingerprint density at radius 2 is 1.71 bits per heavy atom. The Morgan fingerprint density at radius 3 is 2.25 bits per heavy atom. The quantitative estimate of drug-likeness (QED) is 0.595. The highest BCUT2D eigenvalue weighted by molar-refractivity contribution is 5.94. The maximum absolute atomic E-state index is 12.0. The Morgan fingerprint density at radius 1 is 1.08 bits per heavy atom. The van der Waals surface area contributed by atoms with Crippen LogP contribution < -0.4 is 16.4 Å². The van der Waals surface area contributed by atoms with Gasteiger partial charge in [-0.2, -0.15) is 0 Å². The van der Waals surface area contributed by atoms with Gasteiger partial charge in [-0.25, -0.2) is 0 Å². The first-order valence-corrected chi connectivity index (χ1v) is 8.35. The van der Waals surface area contributed by atoms with Crippen LogP contribution in [0.3, 0.4) is 0 Å². The van der Waals surface area contributed by atoms with Crippen LogP contribution in [0.15, 0.2) is 24.3 Å². The topological polar surface area (TPSA) is 84.2 Å². The summed E-state index contributed by atoms with van der Waals surface area (Å²) in [5.41, 5.74) is 6.72. The Hall–Kier alpha value is -1.59. The van der Waals surface area contributed by atoms with Crippen LogP contribution >= 0.6 is 12.4 Å². The van der Waals surface area contributed by atoms with E-state index >= 15 is 0 Å². The highest BCUT2D eigenvalue weighted by Crippen LogP contribution is 2.10. The molecule has 0 aliphatic rings. The second kappa shape index (κ2) is 11.0. The summed E-state index contributed by atoms with van der Waals surface area (Å²) in [6, 6.07) is 7.25. The molecule has 24 heavy (non-hydrogen) atoms. The summed E-state index contributed by atoms with van der Waals surface area (Å²) >= 11 is 0. The molecule has 1 aromatic rings. The van der Waals surface area contributed by atoms with E-state index in [9.17, 15) is 9.59 Å². The molecule has 136 valence electrons. The molecule has 0 fully saturated rings. The summed E-state index contributed by atoms with van der Waals surface area (Å²) < 4.78 is 0. The minimum absolute atomic E-state index is 0. The van der Waals surface area contributed by atoms with Crippen LogP contribution in [0, 0.1) is 0 Å². The Labute approximate surface area is 151 Å². The van der Waals surface area contributed by atoms with E-state index in [1.54, 1.807) is 19.1 Å². The van der Waals surface area contributed by atoms with Gasteiger partial charge in [0.15, 0.2) is 0 Å². The van der Waals surface area contributed by atoms with Gasteiger partial charge in [0, 0.05) is 18.7 Å². The largest absolute Gasteiger partial charge is 0.352 e. The summed E-state index contributed by atoms with van der Waals surface area (Å²) in [7, 11) is 0. The van der Waals surface area contributed by atoms with Crippen molar-refractivity contribution in [1.82, 2.24) is 10.6 Å². The van der Waals surface area contributed by atoms with Crippen molar-refractivity contribution in [3.63, 3.8) is 0 Å². The molecule has 6 heteroatoms. The van der Waals surface area contributed by atoms with Crippen molar-refractivity contribution in [2.24, 2.45) is 5.73 Å². The number of unbranched alkanes of at least 4 members (excludes halogenated alkanes) is 1. The zero-order valence-electron chi connectivity index (χ0n) is 14.9. The lowest BCUT2D eigenvalue weighted by Crippen LogP contribution is -2.51. The number of rotatable bonds is 9. The molecule has 0 saturated carbocycles. The second-order valence-electron chi connectivity index (χ2n) is 6.16. The number of hydrogen-bond donors (Lipinski definition) is 3. The molecule has 5 nitrogen and oxygen atoms in total. The molecule has 0 aromatic heterocycles. The number of nitrogens with one attached hydrogen (secondary N) is 2. The van der Waals surface area contributed by atoms with E-state index < -0.39 is 5.54 Å². The van der Waals surface area contributed by atoms with Crippen molar-refractivity contribution < 1.29 is 9.59 Å². The maximum Gasteiger partial charge on any atom is 0.251 e. The van der Waals surface area contributed by atoms with Gasteiger partial charge in [-0.1, -0.05) is 38.8 Å². The highest BCUT2D eigenvalue weighted by atomic mass is 35.5. The molecule has 0 heterocycles. The molecule has 1 rings (SSSR count). The zero-order chi connectivity index (χ0) is 17.3. The minimum Gasteiger partial charge on any atom is -0.352 e. The van der Waals surface area contributed by atoms with E-state index in [1.807, 2.05) is 19.1 Å². The number of hydrogen-bond acceptors (Lipinski definition) is 3. The van der Waals surface area contributed by atoms with Gasteiger partial charge in [-0.15, -0.1) is 12.4 Å². The number of halogens is 1. The minimum atomic E-state index is -0.839. The van der Waals surface area contributed by atoms with Gasteiger partial charge in [0.2, 0.25) is 5.91 Å². The van der Waals surface area contributed by atoms with Gasteiger partial charge < -0.3 is 16.4 Å². The summed E-state index contributed by atoms with van der Waals surface area (Å²) in [5, 5.41) is 5.73. The van der Waals surface area contributed by atoms with Crippen molar-refractivity contribution in [1.29, 1.82) is 0 Å². The van der Waals surface area contributed by atoms with Crippen molar-refractivity contribution in [3.8, 4) is 0 Å². The maximum atomic E-state index is 12.0. The fourth-order valence-electron chi connectivity index (χ4n) is 2.27. The fraction of sp³-hybridized carbons (Fsp3) is 0.556. The molecule has 1 unspecified atom stereocenters. The van der Waals surface area contributed by atoms with Gasteiger partial charge in [0.1, 0.15) is 0 Å². The zero-order valence-corrected chi connectivity index (χ0v) is 15.7. The van der Waals surface area contributed by atoms with Crippen molar-refractivity contribution in [3.05, 3.63) is 35.4 Å². The average Bonchev–Trinajstić information content (AvgIpc) is 2.53. The summed E-state index contributed by atoms with van der Waals surface area (Å²) in [4.78, 5) is 24.0. The van der Waals surface area contributed by atoms with Gasteiger partial charge in [-0.3, -0.25) is 9.59 Å². The third-order valence-electron chi connectivity index (χ3n) is 3.77. The predicted octanol–water partition coefficient (Wildman–Crippen LogP) is 2.77. The van der Waals surface area contributed by atoms with Crippen LogP contribution in [-0.2, 0) is 11.3 Å². The van der Waals surface area contributed by atoms with Gasteiger partial charge in [-0.05, 0) is 37.5 Å². The Bertz CT molecular complexity index is 516. The summed E-state index contributed by atoms with van der Waals surface area (Å²) in [6.45, 7) is 6.94. The normalized spacial score (nSPS) is 12.7. The molecule has 2 amide bonds. The van der Waals surface area contributed by atoms with Crippen molar-refractivity contribution in [2.75, 3.05) is 6.54 Å². The first-order valence-electron chi connectivity index (χ1n) is 8.35. The molecule has 1 aromatic carbocycles. The third-order valence-corrected chi connectivity index (χ3v) is 3.77. The smallest absolute Gasteiger partial charge is 0.251 e. The number of carbonyl (C=O) groups excluding carboxylic acids is 2. The summed E-state index contributed by atoms with van der Waals surface area (Å²) in [6.07, 6.45) is 3.54. The predicted molar refractivity (Wildman–Crippen MR) is 100 cm³/mol. The fourth-order valence-corrected chi connectivity index (χ4v) is 2.27. The molecule has 0 aliphatic carbocycles. The lowest BCUT2D eigenvalue weighted by molar-refractivity contribution is -0.126. The summed E-state index contributed by atoms with van der Waals surface area (Å²) in [5.74, 6) is -0.216. The Kier molecular flexibility index (Phi) is 10.3. The lowest BCUT2D eigenvalue weighted by atomic mass is 9.96. The number of amides is 2. The van der Waals surface area contributed by atoms with Gasteiger partial charge in [0.05, 0.1) is 5.54 Å². The number of nitrogens with two attached hydrogens (primary N) is 1. The first-order chi connectivity index (χ1) is 10.9. The highest BCUT2D eigenvalue weighted by Gasteiger charge is 2.26. The molecule has 1 atom stereocenters. The van der Waals surface area contributed by atoms with Crippen LogP contribution in [0.2, 0.25) is 0 Å². The number of benzene rings is 1. The van der Waals surface area contributed by atoms with E-state index in [2.05, 4.69) is 17.6 Å². The Balaban J connectivity index is 0.00000529. The van der Waals surface area contributed by atoms with Gasteiger partial charge in [0.25, 0.3) is 5.91 Å². The van der Waals surface area contributed by atoms with Crippen LogP contribution in [0.25, 0.3) is 0 Å². The molecule has 0 spiro atoms. The SMILES string of the molecule is CCCCNC(=O)c1ccc(CNC(=O)C(C)(N)CCC)cc1.Cl. The van der Waals surface area contributed by atoms with E-state index in [1.165, 1.54) is 0 Å². The molecule has 0 saturated heterocycles. The van der Waals surface area contributed by atoms with Crippen LogP contribution in [0.1, 0.15) is 62.4 Å². The first kappa shape index (κ1) is 22.4. The lowest BCUT2D eigenvalue weighted by Gasteiger charge is -2.22. The number of carbonyl (C=O) groups is 2.